The van der Waals surface area contributed by atoms with E-state index in [1.165, 1.54) is 13.5 Å². The molecule has 2 rings (SSSR count). The van der Waals surface area contributed by atoms with Crippen LogP contribution in [0.3, 0.4) is 0 Å². The minimum Gasteiger partial charge on any atom is -0.465 e. The Labute approximate surface area is 114 Å². The second-order valence-electron chi connectivity index (χ2n) is 4.84. The second-order valence-corrected chi connectivity index (χ2v) is 4.84. The van der Waals surface area contributed by atoms with Gasteiger partial charge in [0.1, 0.15) is 5.82 Å². The highest BCUT2D eigenvalue weighted by atomic mass is 16.5. The lowest BCUT2D eigenvalue weighted by Crippen LogP contribution is -2.33. The first kappa shape index (κ1) is 13.8. The van der Waals surface area contributed by atoms with E-state index >= 15 is 0 Å². The van der Waals surface area contributed by atoms with Gasteiger partial charge in [-0.05, 0) is 44.5 Å². The summed E-state index contributed by atoms with van der Waals surface area (Å²) < 4.78 is 4.74. The predicted molar refractivity (Wildman–Crippen MR) is 74.5 cm³/mol. The minimum atomic E-state index is -0.320. The molecule has 5 nitrogen and oxygen atoms in total. The number of methoxy groups -OCH3 is 1. The maximum atomic E-state index is 11.5. The number of carbonyl (C=O) groups excluding carboxylic acids is 1. The lowest BCUT2D eigenvalue weighted by atomic mass is 10.1. The van der Waals surface area contributed by atoms with Crippen LogP contribution < -0.4 is 10.2 Å². The molecule has 1 N–H and O–H groups in total. The van der Waals surface area contributed by atoms with Crippen LogP contribution in [0.2, 0.25) is 0 Å². The summed E-state index contributed by atoms with van der Waals surface area (Å²) in [6.07, 6.45) is 5.08. The highest BCUT2D eigenvalue weighted by Crippen LogP contribution is 2.19. The fraction of sp³-hybridized carbons (Fsp3) is 0.571. The first-order chi connectivity index (χ1) is 9.22. The van der Waals surface area contributed by atoms with Gasteiger partial charge in [-0.2, -0.15) is 0 Å². The highest BCUT2D eigenvalue weighted by molar-refractivity contribution is 5.90. The number of anilines is 1. The Kier molecular flexibility index (Phi) is 4.74. The zero-order chi connectivity index (χ0) is 13.7. The van der Waals surface area contributed by atoms with E-state index in [0.717, 1.165) is 31.7 Å². The molecule has 0 radical (unpaired) electrons. The zero-order valence-corrected chi connectivity index (χ0v) is 11.6. The quantitative estimate of drug-likeness (QED) is 0.836. The molecule has 0 spiro atoms. The van der Waals surface area contributed by atoms with Crippen molar-refractivity contribution in [3.63, 3.8) is 0 Å². The fourth-order valence-corrected chi connectivity index (χ4v) is 2.43. The maximum Gasteiger partial charge on any atom is 0.338 e. The lowest BCUT2D eigenvalue weighted by Gasteiger charge is -2.28. The summed E-state index contributed by atoms with van der Waals surface area (Å²) in [5, 5.41) is 3.40. The summed E-state index contributed by atoms with van der Waals surface area (Å²) in [7, 11) is 3.43. The topological polar surface area (TPSA) is 54.5 Å². The summed E-state index contributed by atoms with van der Waals surface area (Å²) in [5.74, 6) is 0.509. The molecule has 1 saturated heterocycles. The zero-order valence-electron chi connectivity index (χ0n) is 11.6. The molecule has 1 unspecified atom stereocenters. The molecule has 0 bridgehead atoms. The van der Waals surface area contributed by atoms with Crippen LogP contribution in [0.4, 0.5) is 5.82 Å². The number of esters is 1. The largest absolute Gasteiger partial charge is 0.465 e. The lowest BCUT2D eigenvalue weighted by molar-refractivity contribution is 0.0600. The Hall–Kier alpha value is -1.62. The Morgan fingerprint density at radius 2 is 2.32 bits per heavy atom. The van der Waals surface area contributed by atoms with Crippen LogP contribution in [-0.2, 0) is 4.74 Å². The van der Waals surface area contributed by atoms with Gasteiger partial charge in [0.15, 0.2) is 0 Å². The summed E-state index contributed by atoms with van der Waals surface area (Å²) in [5.41, 5.74) is 0.547. The molecule has 104 valence electrons. The van der Waals surface area contributed by atoms with Crippen LogP contribution in [0.25, 0.3) is 0 Å². The molecule has 1 aliphatic rings. The van der Waals surface area contributed by atoms with Gasteiger partial charge in [-0.1, -0.05) is 0 Å². The molecule has 5 heteroatoms. The Balaban J connectivity index is 2.13. The van der Waals surface area contributed by atoms with Crippen LogP contribution in [0.5, 0.6) is 0 Å². The van der Waals surface area contributed by atoms with Crippen LogP contribution in [-0.4, -0.2) is 44.2 Å². The monoisotopic (exact) mass is 263 g/mol. The summed E-state index contributed by atoms with van der Waals surface area (Å²) in [6.45, 7) is 2.12. The van der Waals surface area contributed by atoms with Gasteiger partial charge in [0.25, 0.3) is 0 Å². The van der Waals surface area contributed by atoms with Gasteiger partial charge in [0.2, 0.25) is 0 Å². The molecular formula is C14H21N3O2. The van der Waals surface area contributed by atoms with Crippen molar-refractivity contribution in [2.75, 3.05) is 32.1 Å². The van der Waals surface area contributed by atoms with Gasteiger partial charge in [-0.3, -0.25) is 0 Å². The third kappa shape index (κ3) is 3.44. The van der Waals surface area contributed by atoms with Crippen molar-refractivity contribution in [1.82, 2.24) is 10.3 Å². The van der Waals surface area contributed by atoms with Crippen molar-refractivity contribution >= 4 is 11.8 Å². The number of nitrogens with zero attached hydrogens (tertiary/aromatic N) is 2. The second kappa shape index (κ2) is 6.52. The van der Waals surface area contributed by atoms with Crippen molar-refractivity contribution in [2.45, 2.75) is 25.3 Å². The van der Waals surface area contributed by atoms with E-state index in [1.807, 2.05) is 7.05 Å². The number of nitrogens with one attached hydrogen (secondary N) is 1. The van der Waals surface area contributed by atoms with Gasteiger partial charge in [0.05, 0.1) is 12.7 Å². The van der Waals surface area contributed by atoms with E-state index in [1.54, 1.807) is 18.3 Å². The summed E-state index contributed by atoms with van der Waals surface area (Å²) >= 11 is 0. The molecule has 19 heavy (non-hydrogen) atoms. The van der Waals surface area contributed by atoms with Crippen LogP contribution in [0.15, 0.2) is 18.3 Å². The molecule has 0 saturated carbocycles. The summed E-state index contributed by atoms with van der Waals surface area (Å²) in [4.78, 5) is 18.1. The number of ether oxygens (including phenoxy) is 1. The average molecular weight is 263 g/mol. The maximum absolute atomic E-state index is 11.5. The third-order valence-corrected chi connectivity index (χ3v) is 3.62. The SMILES string of the molecule is COC(=O)c1ccnc(N(C)C2CCCNCC2)c1. The average Bonchev–Trinajstić information content (AvgIpc) is 2.75. The van der Waals surface area contributed by atoms with Gasteiger partial charge in [0, 0.05) is 19.3 Å². The van der Waals surface area contributed by atoms with E-state index < -0.39 is 0 Å². The smallest absolute Gasteiger partial charge is 0.338 e. The van der Waals surface area contributed by atoms with Crippen molar-refractivity contribution in [3.8, 4) is 0 Å². The van der Waals surface area contributed by atoms with E-state index in [4.69, 9.17) is 4.74 Å². The molecule has 1 atom stereocenters. The number of aromatic nitrogens is 1. The number of hydrogen-bond acceptors (Lipinski definition) is 5. The van der Waals surface area contributed by atoms with Crippen molar-refractivity contribution in [1.29, 1.82) is 0 Å². The molecule has 2 heterocycles. The molecule has 1 fully saturated rings. The first-order valence-corrected chi connectivity index (χ1v) is 6.70. The van der Waals surface area contributed by atoms with E-state index in [2.05, 4.69) is 15.2 Å². The van der Waals surface area contributed by atoms with Crippen molar-refractivity contribution < 1.29 is 9.53 Å². The molecule has 1 aromatic heterocycles. The number of pyridine rings is 1. The number of hydrogen-bond donors (Lipinski definition) is 1. The molecule has 1 aromatic rings. The Morgan fingerprint density at radius 3 is 3.11 bits per heavy atom. The van der Waals surface area contributed by atoms with E-state index in [0.29, 0.717) is 11.6 Å². The summed E-state index contributed by atoms with van der Waals surface area (Å²) in [6, 6.07) is 3.94. The standard InChI is InChI=1S/C14H21N3O2/c1-17(12-4-3-7-15-8-6-12)13-10-11(5-9-16-13)14(18)19-2/h5,9-10,12,15H,3-4,6-8H2,1-2H3. The van der Waals surface area contributed by atoms with Crippen molar-refractivity contribution in [3.05, 3.63) is 23.9 Å². The minimum absolute atomic E-state index is 0.320. The third-order valence-electron chi connectivity index (χ3n) is 3.62. The molecule has 1 aliphatic heterocycles. The highest BCUT2D eigenvalue weighted by Gasteiger charge is 2.18. The Morgan fingerprint density at radius 1 is 1.47 bits per heavy atom. The molecule has 0 amide bonds. The molecular weight excluding hydrogens is 242 g/mol. The Bertz CT molecular complexity index is 428. The first-order valence-electron chi connectivity index (χ1n) is 6.70. The number of rotatable bonds is 3. The van der Waals surface area contributed by atoms with E-state index in [9.17, 15) is 4.79 Å². The van der Waals surface area contributed by atoms with Gasteiger partial charge < -0.3 is 15.0 Å². The molecule has 0 aliphatic carbocycles. The normalized spacial score (nSPS) is 19.6. The van der Waals surface area contributed by atoms with Crippen molar-refractivity contribution in [2.24, 2.45) is 0 Å². The predicted octanol–water partition coefficient (Wildman–Crippen LogP) is 1.45. The number of carbonyl (C=O) groups is 1. The van der Waals surface area contributed by atoms with Crippen LogP contribution >= 0.6 is 0 Å². The van der Waals surface area contributed by atoms with E-state index in [-0.39, 0.29) is 5.97 Å². The van der Waals surface area contributed by atoms with Gasteiger partial charge >= 0.3 is 5.97 Å². The van der Waals surface area contributed by atoms with Crippen LogP contribution in [0, 0.1) is 0 Å². The van der Waals surface area contributed by atoms with Gasteiger partial charge in [-0.25, -0.2) is 9.78 Å². The molecule has 0 aromatic carbocycles. The fourth-order valence-electron chi connectivity index (χ4n) is 2.43. The van der Waals surface area contributed by atoms with Gasteiger partial charge in [-0.15, -0.1) is 0 Å². The van der Waals surface area contributed by atoms with Crippen LogP contribution in [0.1, 0.15) is 29.6 Å².